The van der Waals surface area contributed by atoms with E-state index in [4.69, 9.17) is 15.6 Å². The number of aliphatic hydroxyl groups is 1. The SMILES string of the molecule is COc1ccc2c(c(C)c(/C=C/CO)n2C)c1N. The number of rotatable bonds is 3. The molecule has 2 aromatic rings. The Kier molecular flexibility index (Phi) is 3.30. The van der Waals surface area contributed by atoms with Gasteiger partial charge in [-0.25, -0.2) is 0 Å². The van der Waals surface area contributed by atoms with Crippen molar-refractivity contribution in [3.05, 3.63) is 29.5 Å². The van der Waals surface area contributed by atoms with E-state index in [-0.39, 0.29) is 6.61 Å². The normalized spacial score (nSPS) is 11.6. The van der Waals surface area contributed by atoms with E-state index in [1.54, 1.807) is 13.2 Å². The predicted octanol–water partition coefficient (Wildman–Crippen LogP) is 2.08. The summed E-state index contributed by atoms with van der Waals surface area (Å²) in [6, 6.07) is 3.87. The molecule has 3 N–H and O–H groups in total. The summed E-state index contributed by atoms with van der Waals surface area (Å²) < 4.78 is 7.31. The minimum absolute atomic E-state index is 0.0275. The van der Waals surface area contributed by atoms with Crippen molar-refractivity contribution in [3.63, 3.8) is 0 Å². The first kappa shape index (κ1) is 12.5. The van der Waals surface area contributed by atoms with Gasteiger partial charge in [-0.05, 0) is 30.7 Å². The number of aryl methyl sites for hydroxylation is 2. The quantitative estimate of drug-likeness (QED) is 0.815. The summed E-state index contributed by atoms with van der Waals surface area (Å²) in [5.74, 6) is 0.689. The molecule has 0 aliphatic heterocycles. The van der Waals surface area contributed by atoms with Gasteiger partial charge in [-0.15, -0.1) is 0 Å². The van der Waals surface area contributed by atoms with Gasteiger partial charge in [0.25, 0.3) is 0 Å². The highest BCUT2D eigenvalue weighted by molar-refractivity contribution is 5.99. The van der Waals surface area contributed by atoms with E-state index < -0.39 is 0 Å². The van der Waals surface area contributed by atoms with Gasteiger partial charge in [0.1, 0.15) is 5.75 Å². The highest BCUT2D eigenvalue weighted by atomic mass is 16.5. The second kappa shape index (κ2) is 4.74. The fourth-order valence-electron chi connectivity index (χ4n) is 2.35. The molecular weight excluding hydrogens is 228 g/mol. The average molecular weight is 246 g/mol. The summed E-state index contributed by atoms with van der Waals surface area (Å²) in [5.41, 5.74) is 9.98. The summed E-state index contributed by atoms with van der Waals surface area (Å²) in [6.07, 6.45) is 3.62. The van der Waals surface area contributed by atoms with Crippen LogP contribution in [0.1, 0.15) is 11.3 Å². The van der Waals surface area contributed by atoms with Crippen molar-refractivity contribution < 1.29 is 9.84 Å². The van der Waals surface area contributed by atoms with Crippen molar-refractivity contribution in [3.8, 4) is 5.75 Å². The zero-order valence-electron chi connectivity index (χ0n) is 10.9. The first-order valence-electron chi connectivity index (χ1n) is 5.80. The molecule has 0 spiro atoms. The molecule has 0 aliphatic carbocycles. The topological polar surface area (TPSA) is 60.4 Å². The highest BCUT2D eigenvalue weighted by Gasteiger charge is 2.14. The third-order valence-electron chi connectivity index (χ3n) is 3.27. The lowest BCUT2D eigenvalue weighted by Crippen LogP contribution is -1.94. The second-order valence-electron chi connectivity index (χ2n) is 4.23. The summed E-state index contributed by atoms with van der Waals surface area (Å²) in [4.78, 5) is 0. The molecule has 2 rings (SSSR count). The van der Waals surface area contributed by atoms with Gasteiger partial charge in [0, 0.05) is 18.1 Å². The Balaban J connectivity index is 2.77. The molecule has 96 valence electrons. The Morgan fingerprint density at radius 2 is 2.17 bits per heavy atom. The van der Waals surface area contributed by atoms with Crippen LogP contribution >= 0.6 is 0 Å². The third-order valence-corrected chi connectivity index (χ3v) is 3.27. The van der Waals surface area contributed by atoms with Gasteiger partial charge in [0.05, 0.1) is 24.9 Å². The fraction of sp³-hybridized carbons (Fsp3) is 0.286. The summed E-state index contributed by atoms with van der Waals surface area (Å²) in [5, 5.41) is 9.89. The molecule has 1 aromatic heterocycles. The Hall–Kier alpha value is -1.94. The fourth-order valence-corrected chi connectivity index (χ4v) is 2.35. The molecule has 0 bridgehead atoms. The van der Waals surface area contributed by atoms with Gasteiger partial charge < -0.3 is 20.1 Å². The number of hydrogen-bond donors (Lipinski definition) is 2. The van der Waals surface area contributed by atoms with E-state index in [0.29, 0.717) is 11.4 Å². The molecule has 0 radical (unpaired) electrons. The molecule has 0 unspecified atom stereocenters. The van der Waals surface area contributed by atoms with E-state index in [1.807, 2.05) is 32.2 Å². The molecular formula is C14H18N2O2. The standard InChI is InChI=1S/C14H18N2O2/c1-9-10(5-4-8-17)16(2)11-6-7-12(18-3)14(15)13(9)11/h4-7,17H,8,15H2,1-3H3/b5-4+. The molecule has 1 aromatic carbocycles. The number of benzene rings is 1. The lowest BCUT2D eigenvalue weighted by atomic mass is 10.1. The van der Waals surface area contributed by atoms with Crippen molar-refractivity contribution in [1.82, 2.24) is 4.57 Å². The lowest BCUT2D eigenvalue weighted by molar-refractivity contribution is 0.343. The number of aliphatic hydroxyl groups excluding tert-OH is 1. The van der Waals surface area contributed by atoms with Crippen LogP contribution < -0.4 is 10.5 Å². The Morgan fingerprint density at radius 1 is 1.44 bits per heavy atom. The number of nitrogens with two attached hydrogens (primary N) is 1. The van der Waals surface area contributed by atoms with Gasteiger partial charge in [-0.1, -0.05) is 6.08 Å². The van der Waals surface area contributed by atoms with Gasteiger partial charge in [-0.2, -0.15) is 0 Å². The lowest BCUT2D eigenvalue weighted by Gasteiger charge is -2.06. The van der Waals surface area contributed by atoms with Gasteiger partial charge in [0.2, 0.25) is 0 Å². The van der Waals surface area contributed by atoms with Crippen LogP contribution in [0.4, 0.5) is 5.69 Å². The molecule has 4 heteroatoms. The van der Waals surface area contributed by atoms with Crippen LogP contribution in [0.25, 0.3) is 17.0 Å². The van der Waals surface area contributed by atoms with Crippen LogP contribution in [0.2, 0.25) is 0 Å². The van der Waals surface area contributed by atoms with Crippen LogP contribution in [0.3, 0.4) is 0 Å². The maximum absolute atomic E-state index is 8.88. The summed E-state index contributed by atoms with van der Waals surface area (Å²) >= 11 is 0. The number of ether oxygens (including phenoxy) is 1. The van der Waals surface area contributed by atoms with Crippen molar-refractivity contribution in [2.75, 3.05) is 19.5 Å². The largest absolute Gasteiger partial charge is 0.495 e. The van der Waals surface area contributed by atoms with E-state index in [9.17, 15) is 0 Å². The molecule has 0 aliphatic rings. The maximum Gasteiger partial charge on any atom is 0.142 e. The molecule has 0 fully saturated rings. The smallest absolute Gasteiger partial charge is 0.142 e. The van der Waals surface area contributed by atoms with Crippen LogP contribution in [0.15, 0.2) is 18.2 Å². The summed E-state index contributed by atoms with van der Waals surface area (Å²) in [7, 11) is 3.60. The predicted molar refractivity (Wildman–Crippen MR) is 74.7 cm³/mol. The van der Waals surface area contributed by atoms with Gasteiger partial charge in [-0.3, -0.25) is 0 Å². The zero-order chi connectivity index (χ0) is 13.3. The zero-order valence-corrected chi connectivity index (χ0v) is 10.9. The first-order valence-corrected chi connectivity index (χ1v) is 5.80. The maximum atomic E-state index is 8.88. The number of nitrogen functional groups attached to an aromatic ring is 1. The van der Waals surface area contributed by atoms with Crippen molar-refractivity contribution >= 4 is 22.7 Å². The number of fused-ring (bicyclic) bond motifs is 1. The van der Waals surface area contributed by atoms with E-state index in [1.165, 1.54) is 0 Å². The van der Waals surface area contributed by atoms with Crippen LogP contribution in [0, 0.1) is 6.92 Å². The molecule has 0 saturated carbocycles. The first-order chi connectivity index (χ1) is 8.61. The highest BCUT2D eigenvalue weighted by Crippen LogP contribution is 2.35. The molecule has 0 atom stereocenters. The van der Waals surface area contributed by atoms with E-state index in [0.717, 1.165) is 22.2 Å². The van der Waals surface area contributed by atoms with E-state index >= 15 is 0 Å². The minimum Gasteiger partial charge on any atom is -0.495 e. The Bertz CT molecular complexity index is 612. The van der Waals surface area contributed by atoms with Crippen molar-refractivity contribution in [2.24, 2.45) is 7.05 Å². The van der Waals surface area contributed by atoms with Crippen LogP contribution in [-0.2, 0) is 7.05 Å². The molecule has 0 amide bonds. The molecule has 1 heterocycles. The molecule has 4 nitrogen and oxygen atoms in total. The Morgan fingerprint density at radius 3 is 2.78 bits per heavy atom. The second-order valence-corrected chi connectivity index (χ2v) is 4.23. The van der Waals surface area contributed by atoms with Crippen LogP contribution in [0.5, 0.6) is 5.75 Å². The minimum atomic E-state index is 0.0275. The van der Waals surface area contributed by atoms with Crippen molar-refractivity contribution in [2.45, 2.75) is 6.92 Å². The van der Waals surface area contributed by atoms with E-state index in [2.05, 4.69) is 4.57 Å². The van der Waals surface area contributed by atoms with Crippen LogP contribution in [-0.4, -0.2) is 23.4 Å². The number of anilines is 1. The number of nitrogens with zero attached hydrogens (tertiary/aromatic N) is 1. The molecule has 18 heavy (non-hydrogen) atoms. The number of methoxy groups -OCH3 is 1. The van der Waals surface area contributed by atoms with Gasteiger partial charge in [0.15, 0.2) is 0 Å². The summed E-state index contributed by atoms with van der Waals surface area (Å²) in [6.45, 7) is 2.05. The molecule has 0 saturated heterocycles. The van der Waals surface area contributed by atoms with Gasteiger partial charge >= 0.3 is 0 Å². The third kappa shape index (κ3) is 1.75. The number of aromatic nitrogens is 1. The Labute approximate surface area is 106 Å². The monoisotopic (exact) mass is 246 g/mol. The number of hydrogen-bond acceptors (Lipinski definition) is 3. The average Bonchev–Trinajstić information content (AvgIpc) is 2.61. The van der Waals surface area contributed by atoms with Crippen molar-refractivity contribution in [1.29, 1.82) is 0 Å².